The van der Waals surface area contributed by atoms with Gasteiger partial charge in [0.15, 0.2) is 6.61 Å². The lowest BCUT2D eigenvalue weighted by atomic mass is 9.97. The largest absolute Gasteiger partial charge is 0.484 e. The zero-order valence-electron chi connectivity index (χ0n) is 17.0. The molecule has 3 heterocycles. The van der Waals surface area contributed by atoms with Crippen molar-refractivity contribution in [1.82, 2.24) is 14.7 Å². The molecule has 0 aliphatic carbocycles. The predicted molar refractivity (Wildman–Crippen MR) is 109 cm³/mol. The maximum Gasteiger partial charge on any atom is 0.260 e. The second-order valence-electron chi connectivity index (χ2n) is 8.05. The first-order valence-corrected chi connectivity index (χ1v) is 10.8. The summed E-state index contributed by atoms with van der Waals surface area (Å²) in [5.74, 6) is 0.989. The second kappa shape index (κ2) is 9.59. The Bertz CT molecular complexity index is 685. The van der Waals surface area contributed by atoms with Crippen LogP contribution in [-0.4, -0.2) is 91.1 Å². The van der Waals surface area contributed by atoms with Gasteiger partial charge in [-0.1, -0.05) is 18.2 Å². The van der Waals surface area contributed by atoms with Crippen molar-refractivity contribution in [3.8, 4) is 5.75 Å². The van der Waals surface area contributed by atoms with E-state index >= 15 is 0 Å². The Morgan fingerprint density at radius 2 is 1.72 bits per heavy atom. The quantitative estimate of drug-likeness (QED) is 0.746. The van der Waals surface area contributed by atoms with Gasteiger partial charge in [-0.15, -0.1) is 0 Å². The molecular weight excluding hydrogens is 370 g/mol. The molecule has 29 heavy (non-hydrogen) atoms. The van der Waals surface area contributed by atoms with Crippen molar-refractivity contribution in [2.75, 3.05) is 52.5 Å². The van der Waals surface area contributed by atoms with E-state index in [4.69, 9.17) is 9.47 Å². The number of hydrogen-bond acceptors (Lipinski definition) is 5. The summed E-state index contributed by atoms with van der Waals surface area (Å²) < 4.78 is 11.0. The van der Waals surface area contributed by atoms with Crippen LogP contribution >= 0.6 is 0 Å². The molecule has 3 aliphatic rings. The van der Waals surface area contributed by atoms with E-state index in [1.807, 2.05) is 35.2 Å². The van der Waals surface area contributed by atoms with Crippen LogP contribution in [0.4, 0.5) is 0 Å². The van der Waals surface area contributed by atoms with Gasteiger partial charge in [0, 0.05) is 52.0 Å². The van der Waals surface area contributed by atoms with Crippen LogP contribution in [0.2, 0.25) is 0 Å². The number of carbonyl (C=O) groups excluding carboxylic acids is 2. The predicted octanol–water partition coefficient (Wildman–Crippen LogP) is 1.38. The van der Waals surface area contributed by atoms with E-state index in [0.29, 0.717) is 24.9 Å². The number of benzene rings is 1. The van der Waals surface area contributed by atoms with Gasteiger partial charge in [-0.3, -0.25) is 14.5 Å². The molecule has 0 spiro atoms. The number of carbonyl (C=O) groups is 2. The minimum atomic E-state index is -0.0376. The first-order chi connectivity index (χ1) is 14.2. The highest BCUT2D eigenvalue weighted by molar-refractivity contribution is 5.83. The summed E-state index contributed by atoms with van der Waals surface area (Å²) in [7, 11) is 0. The molecule has 1 aromatic carbocycles. The fourth-order valence-corrected chi connectivity index (χ4v) is 4.61. The van der Waals surface area contributed by atoms with Gasteiger partial charge in [0.05, 0.1) is 6.04 Å². The van der Waals surface area contributed by atoms with Crippen LogP contribution in [0.1, 0.15) is 25.7 Å². The summed E-state index contributed by atoms with van der Waals surface area (Å²) in [4.78, 5) is 31.8. The first-order valence-electron chi connectivity index (χ1n) is 10.8. The summed E-state index contributed by atoms with van der Waals surface area (Å²) in [6, 6.07) is 9.70. The summed E-state index contributed by atoms with van der Waals surface area (Å²) in [5.41, 5.74) is 0. The van der Waals surface area contributed by atoms with E-state index in [2.05, 4.69) is 9.80 Å². The molecule has 7 heteroatoms. The molecule has 0 N–H and O–H groups in total. The second-order valence-corrected chi connectivity index (χ2v) is 8.05. The minimum Gasteiger partial charge on any atom is -0.484 e. The van der Waals surface area contributed by atoms with Crippen LogP contribution in [0, 0.1) is 0 Å². The molecule has 3 fully saturated rings. The van der Waals surface area contributed by atoms with Gasteiger partial charge in [-0.2, -0.15) is 0 Å². The van der Waals surface area contributed by atoms with Crippen molar-refractivity contribution < 1.29 is 19.1 Å². The number of para-hydroxylation sites is 1. The van der Waals surface area contributed by atoms with Crippen LogP contribution in [-0.2, 0) is 14.3 Å². The molecule has 3 aliphatic heterocycles. The maximum absolute atomic E-state index is 13.1. The van der Waals surface area contributed by atoms with E-state index < -0.39 is 0 Å². The van der Waals surface area contributed by atoms with Gasteiger partial charge in [-0.25, -0.2) is 0 Å². The Kier molecular flexibility index (Phi) is 6.67. The maximum atomic E-state index is 13.1. The average molecular weight is 402 g/mol. The number of piperazine rings is 1. The van der Waals surface area contributed by atoms with Crippen LogP contribution in [0.5, 0.6) is 5.75 Å². The van der Waals surface area contributed by atoms with Gasteiger partial charge in [0.1, 0.15) is 5.75 Å². The Labute approximate surface area is 172 Å². The van der Waals surface area contributed by atoms with Gasteiger partial charge in [0.2, 0.25) is 5.91 Å². The molecule has 4 rings (SSSR count). The lowest BCUT2D eigenvalue weighted by Crippen LogP contribution is -2.60. The normalized spacial score (nSPS) is 24.6. The zero-order valence-corrected chi connectivity index (χ0v) is 17.0. The molecule has 158 valence electrons. The standard InChI is InChI=1S/C22H31N3O4/c26-21(17-29-19-5-2-1-3-6-19)24-13-11-23(12-14-24)20-7-4-10-25(22(20)27)18-8-15-28-16-9-18/h1-3,5-6,18,20H,4,7-17H2/t20-/m0/s1. The van der Waals surface area contributed by atoms with Crippen molar-refractivity contribution >= 4 is 11.8 Å². The number of ether oxygens (including phenoxy) is 2. The molecule has 1 aromatic rings. The number of piperidine rings is 1. The number of likely N-dealkylation sites (tertiary alicyclic amines) is 1. The van der Waals surface area contributed by atoms with Gasteiger partial charge >= 0.3 is 0 Å². The van der Waals surface area contributed by atoms with E-state index in [-0.39, 0.29) is 24.5 Å². The first kappa shape index (κ1) is 20.2. The van der Waals surface area contributed by atoms with Gasteiger partial charge < -0.3 is 19.3 Å². The number of nitrogens with zero attached hydrogens (tertiary/aromatic N) is 3. The van der Waals surface area contributed by atoms with Crippen molar-refractivity contribution in [2.24, 2.45) is 0 Å². The van der Waals surface area contributed by atoms with Crippen LogP contribution in [0.25, 0.3) is 0 Å². The van der Waals surface area contributed by atoms with Crippen molar-refractivity contribution in [1.29, 1.82) is 0 Å². The third-order valence-electron chi connectivity index (χ3n) is 6.29. The lowest BCUT2D eigenvalue weighted by Gasteiger charge is -2.45. The SMILES string of the molecule is O=C(COc1ccccc1)N1CCN([C@H]2CCCN(C3CCOCC3)C2=O)CC1. The summed E-state index contributed by atoms with van der Waals surface area (Å²) in [6.07, 6.45) is 3.87. The average Bonchev–Trinajstić information content (AvgIpc) is 2.79. The molecule has 3 saturated heterocycles. The number of rotatable bonds is 5. The van der Waals surface area contributed by atoms with Crippen LogP contribution in [0.3, 0.4) is 0 Å². The fraction of sp³-hybridized carbons (Fsp3) is 0.636. The van der Waals surface area contributed by atoms with E-state index in [9.17, 15) is 9.59 Å². The highest BCUT2D eigenvalue weighted by Gasteiger charge is 2.38. The Balaban J connectivity index is 1.26. The number of hydrogen-bond donors (Lipinski definition) is 0. The Morgan fingerprint density at radius 3 is 2.45 bits per heavy atom. The van der Waals surface area contributed by atoms with Gasteiger partial charge in [0.25, 0.3) is 5.91 Å². The summed E-state index contributed by atoms with van der Waals surface area (Å²) in [5, 5.41) is 0. The summed E-state index contributed by atoms with van der Waals surface area (Å²) >= 11 is 0. The third-order valence-corrected chi connectivity index (χ3v) is 6.29. The topological polar surface area (TPSA) is 62.3 Å². The lowest BCUT2D eigenvalue weighted by molar-refractivity contribution is -0.146. The number of amides is 2. The fourth-order valence-electron chi connectivity index (χ4n) is 4.61. The van der Waals surface area contributed by atoms with Crippen molar-refractivity contribution in [2.45, 2.75) is 37.8 Å². The van der Waals surface area contributed by atoms with Gasteiger partial charge in [-0.05, 0) is 37.8 Å². The van der Waals surface area contributed by atoms with Crippen LogP contribution in [0.15, 0.2) is 30.3 Å². The van der Waals surface area contributed by atoms with E-state index in [1.54, 1.807) is 0 Å². The van der Waals surface area contributed by atoms with E-state index in [1.165, 1.54) is 0 Å². The summed E-state index contributed by atoms with van der Waals surface area (Å²) in [6.45, 7) is 5.23. The Hall–Kier alpha value is -2.12. The smallest absolute Gasteiger partial charge is 0.260 e. The molecule has 0 aromatic heterocycles. The zero-order chi connectivity index (χ0) is 20.1. The highest BCUT2D eigenvalue weighted by atomic mass is 16.5. The van der Waals surface area contributed by atoms with Crippen molar-refractivity contribution in [3.63, 3.8) is 0 Å². The van der Waals surface area contributed by atoms with Crippen LogP contribution < -0.4 is 4.74 Å². The van der Waals surface area contributed by atoms with E-state index in [0.717, 1.165) is 58.5 Å². The molecule has 0 radical (unpaired) electrons. The molecule has 7 nitrogen and oxygen atoms in total. The highest BCUT2D eigenvalue weighted by Crippen LogP contribution is 2.24. The molecule has 1 atom stereocenters. The third kappa shape index (κ3) is 4.90. The molecule has 0 unspecified atom stereocenters. The minimum absolute atomic E-state index is 0.00676. The molecule has 0 saturated carbocycles. The molecule has 2 amide bonds. The molecule has 0 bridgehead atoms. The van der Waals surface area contributed by atoms with Crippen molar-refractivity contribution in [3.05, 3.63) is 30.3 Å². The Morgan fingerprint density at radius 1 is 1.00 bits per heavy atom. The molecular formula is C22H31N3O4. The monoisotopic (exact) mass is 401 g/mol.